The van der Waals surface area contributed by atoms with Crippen molar-refractivity contribution in [2.45, 2.75) is 44.3 Å². The zero-order valence-corrected chi connectivity index (χ0v) is 19.4. The third kappa shape index (κ3) is 5.14. The highest BCUT2D eigenvalue weighted by atomic mass is 35.5. The van der Waals surface area contributed by atoms with Crippen LogP contribution in [0.4, 0.5) is 0 Å². The highest BCUT2D eigenvalue weighted by Gasteiger charge is 2.42. The van der Waals surface area contributed by atoms with E-state index in [1.54, 1.807) is 41.2 Å². The number of benzene rings is 2. The van der Waals surface area contributed by atoms with E-state index in [9.17, 15) is 14.4 Å². The molecule has 1 N–H and O–H groups in total. The minimum atomic E-state index is -0.553. The topological polar surface area (TPSA) is 79.0 Å². The van der Waals surface area contributed by atoms with Crippen molar-refractivity contribution < 1.29 is 19.1 Å². The number of rotatable bonds is 6. The van der Waals surface area contributed by atoms with Gasteiger partial charge in [-0.15, -0.1) is 0 Å². The van der Waals surface area contributed by atoms with Crippen LogP contribution in [0.2, 0.25) is 5.02 Å². The Morgan fingerprint density at radius 3 is 2.48 bits per heavy atom. The van der Waals surface area contributed by atoms with Gasteiger partial charge in [0, 0.05) is 30.2 Å². The number of halogens is 1. The average molecular weight is 470 g/mol. The Bertz CT molecular complexity index is 1040. The number of carbonyl (C=O) groups excluding carboxylic acids is 3. The first-order chi connectivity index (χ1) is 16.0. The maximum atomic E-state index is 13.4. The summed E-state index contributed by atoms with van der Waals surface area (Å²) in [4.78, 5) is 42.7. The van der Waals surface area contributed by atoms with Gasteiger partial charge in [-0.05, 0) is 61.6 Å². The van der Waals surface area contributed by atoms with Crippen molar-refractivity contribution in [2.24, 2.45) is 0 Å². The molecule has 0 unspecified atom stereocenters. The Hall–Kier alpha value is -3.06. The van der Waals surface area contributed by atoms with Crippen molar-refractivity contribution in [1.82, 2.24) is 15.1 Å². The highest BCUT2D eigenvalue weighted by molar-refractivity contribution is 6.31. The first-order valence-electron chi connectivity index (χ1n) is 11.3. The molecule has 2 saturated heterocycles. The molecule has 3 amide bonds. The van der Waals surface area contributed by atoms with E-state index in [1.165, 1.54) is 0 Å². The summed E-state index contributed by atoms with van der Waals surface area (Å²) in [7, 11) is 1.60. The van der Waals surface area contributed by atoms with Crippen molar-refractivity contribution >= 4 is 29.3 Å². The number of ether oxygens (including phenoxy) is 1. The van der Waals surface area contributed by atoms with Gasteiger partial charge in [0.1, 0.15) is 17.8 Å². The Balaban J connectivity index is 1.42. The van der Waals surface area contributed by atoms with Gasteiger partial charge < -0.3 is 19.9 Å². The molecule has 0 aliphatic carbocycles. The number of hydrogen-bond acceptors (Lipinski definition) is 4. The molecule has 2 aliphatic heterocycles. The molecule has 174 valence electrons. The molecule has 7 nitrogen and oxygen atoms in total. The first-order valence-corrected chi connectivity index (χ1v) is 11.6. The van der Waals surface area contributed by atoms with Crippen molar-refractivity contribution in [3.63, 3.8) is 0 Å². The van der Waals surface area contributed by atoms with Crippen LogP contribution in [0.1, 0.15) is 41.6 Å². The number of methoxy groups -OCH3 is 1. The maximum absolute atomic E-state index is 13.4. The molecule has 2 aliphatic rings. The summed E-state index contributed by atoms with van der Waals surface area (Å²) in [5, 5.41) is 3.43. The number of carbonyl (C=O) groups is 3. The van der Waals surface area contributed by atoms with E-state index in [-0.39, 0.29) is 17.7 Å². The Labute approximate surface area is 198 Å². The number of likely N-dealkylation sites (tertiary alicyclic amines) is 2. The molecule has 2 atom stereocenters. The van der Waals surface area contributed by atoms with E-state index in [2.05, 4.69) is 5.32 Å². The van der Waals surface area contributed by atoms with Crippen molar-refractivity contribution in [3.8, 4) is 5.75 Å². The maximum Gasteiger partial charge on any atom is 0.254 e. The van der Waals surface area contributed by atoms with E-state index in [4.69, 9.17) is 16.3 Å². The number of amides is 3. The quantitative estimate of drug-likeness (QED) is 0.704. The molecule has 33 heavy (non-hydrogen) atoms. The van der Waals surface area contributed by atoms with Gasteiger partial charge in [-0.1, -0.05) is 29.8 Å². The zero-order chi connectivity index (χ0) is 23.4. The molecule has 0 aromatic heterocycles. The third-order valence-electron chi connectivity index (χ3n) is 6.31. The molecular formula is C25H28ClN3O4. The van der Waals surface area contributed by atoms with Crippen molar-refractivity contribution in [2.75, 3.05) is 20.2 Å². The van der Waals surface area contributed by atoms with Crippen LogP contribution in [-0.2, 0) is 16.1 Å². The Morgan fingerprint density at radius 2 is 1.73 bits per heavy atom. The average Bonchev–Trinajstić information content (AvgIpc) is 3.52. The monoisotopic (exact) mass is 469 g/mol. The number of nitrogens with zero attached hydrogens (tertiary/aromatic N) is 2. The minimum Gasteiger partial charge on any atom is -0.497 e. The fraction of sp³-hybridized carbons (Fsp3) is 0.400. The van der Waals surface area contributed by atoms with Crippen LogP contribution in [0.15, 0.2) is 48.5 Å². The number of hydrogen-bond donors (Lipinski definition) is 1. The van der Waals surface area contributed by atoms with Gasteiger partial charge in [-0.3, -0.25) is 14.4 Å². The van der Waals surface area contributed by atoms with E-state index in [0.29, 0.717) is 43.1 Å². The lowest BCUT2D eigenvalue weighted by Crippen LogP contribution is -2.52. The molecule has 4 rings (SSSR count). The molecule has 8 heteroatoms. The molecule has 0 saturated carbocycles. The summed E-state index contributed by atoms with van der Waals surface area (Å²) in [5.74, 6) is 0.202. The zero-order valence-electron chi connectivity index (χ0n) is 18.6. The van der Waals surface area contributed by atoms with E-state index < -0.39 is 12.1 Å². The summed E-state index contributed by atoms with van der Waals surface area (Å²) in [5.41, 5.74) is 1.39. The summed E-state index contributed by atoms with van der Waals surface area (Å²) in [6, 6.07) is 13.2. The molecule has 2 heterocycles. The lowest BCUT2D eigenvalue weighted by Gasteiger charge is -2.31. The largest absolute Gasteiger partial charge is 0.497 e. The molecule has 2 fully saturated rings. The van der Waals surface area contributed by atoms with E-state index >= 15 is 0 Å². The van der Waals surface area contributed by atoms with Crippen LogP contribution >= 0.6 is 11.6 Å². The fourth-order valence-corrected chi connectivity index (χ4v) is 4.83. The van der Waals surface area contributed by atoms with Gasteiger partial charge in [0.25, 0.3) is 5.91 Å². The standard InChI is InChI=1S/C25H28ClN3O4/c1-33-20-9-2-6-17(14-20)16-27-23(30)21-10-4-12-28(21)25(32)22-11-5-13-29(22)24(31)18-7-3-8-19(26)15-18/h2-3,6-9,14-15,21-22H,4-5,10-13,16H2,1H3,(H,27,30)/t21-,22-/m1/s1. The van der Waals surface area contributed by atoms with E-state index in [0.717, 1.165) is 24.2 Å². The molecule has 0 spiro atoms. The lowest BCUT2D eigenvalue weighted by atomic mass is 10.1. The van der Waals surface area contributed by atoms with Crippen LogP contribution in [0, 0.1) is 0 Å². The summed E-state index contributed by atoms with van der Waals surface area (Å²) in [6.45, 7) is 1.39. The normalized spacial score (nSPS) is 20.1. The van der Waals surface area contributed by atoms with Crippen molar-refractivity contribution in [1.29, 1.82) is 0 Å². The Kier molecular flexibility index (Phi) is 7.18. The van der Waals surface area contributed by atoms with Crippen LogP contribution in [0.5, 0.6) is 5.75 Å². The van der Waals surface area contributed by atoms with Gasteiger partial charge >= 0.3 is 0 Å². The predicted molar refractivity (Wildman–Crippen MR) is 125 cm³/mol. The lowest BCUT2D eigenvalue weighted by molar-refractivity contribution is -0.141. The second-order valence-electron chi connectivity index (χ2n) is 8.43. The second-order valence-corrected chi connectivity index (χ2v) is 8.86. The van der Waals surface area contributed by atoms with Crippen LogP contribution in [0.3, 0.4) is 0 Å². The van der Waals surface area contributed by atoms with Gasteiger partial charge in [0.2, 0.25) is 11.8 Å². The van der Waals surface area contributed by atoms with Gasteiger partial charge in [0.05, 0.1) is 7.11 Å². The molecular weight excluding hydrogens is 442 g/mol. The van der Waals surface area contributed by atoms with Crippen LogP contribution < -0.4 is 10.1 Å². The van der Waals surface area contributed by atoms with Gasteiger partial charge in [-0.25, -0.2) is 0 Å². The SMILES string of the molecule is COc1cccc(CNC(=O)[C@H]2CCCN2C(=O)[C@H]2CCCN2C(=O)c2cccc(Cl)c2)c1. The molecule has 2 aromatic rings. The second kappa shape index (κ2) is 10.3. The molecule has 0 radical (unpaired) electrons. The van der Waals surface area contributed by atoms with E-state index in [1.807, 2.05) is 24.3 Å². The minimum absolute atomic E-state index is 0.151. The van der Waals surface area contributed by atoms with Gasteiger partial charge in [-0.2, -0.15) is 0 Å². The smallest absolute Gasteiger partial charge is 0.254 e. The number of nitrogens with one attached hydrogen (secondary N) is 1. The Morgan fingerprint density at radius 1 is 1.00 bits per heavy atom. The molecule has 2 aromatic carbocycles. The summed E-state index contributed by atoms with van der Waals surface area (Å²) < 4.78 is 5.23. The summed E-state index contributed by atoms with van der Waals surface area (Å²) >= 11 is 6.05. The van der Waals surface area contributed by atoms with Crippen molar-refractivity contribution in [3.05, 3.63) is 64.7 Å². The fourth-order valence-electron chi connectivity index (χ4n) is 4.64. The highest BCUT2D eigenvalue weighted by Crippen LogP contribution is 2.27. The van der Waals surface area contributed by atoms with Crippen LogP contribution in [-0.4, -0.2) is 59.8 Å². The predicted octanol–water partition coefficient (Wildman–Crippen LogP) is 3.26. The van der Waals surface area contributed by atoms with Gasteiger partial charge in [0.15, 0.2) is 0 Å². The molecule has 0 bridgehead atoms. The first kappa shape index (κ1) is 23.1. The summed E-state index contributed by atoms with van der Waals surface area (Å²) in [6.07, 6.45) is 2.73. The third-order valence-corrected chi connectivity index (χ3v) is 6.54. The van der Waals surface area contributed by atoms with Crippen LogP contribution in [0.25, 0.3) is 0 Å².